The van der Waals surface area contributed by atoms with Crippen molar-refractivity contribution in [2.45, 2.75) is 29.7 Å². The van der Waals surface area contributed by atoms with Crippen molar-refractivity contribution in [1.29, 1.82) is 0 Å². The highest BCUT2D eigenvalue weighted by Gasteiger charge is 2.59. The van der Waals surface area contributed by atoms with Crippen molar-refractivity contribution in [3.63, 3.8) is 0 Å². The molecule has 5 N–H and O–H groups in total. The van der Waals surface area contributed by atoms with E-state index in [2.05, 4.69) is 20.8 Å². The molecule has 1 aromatic carbocycles. The molecule has 2 amide bonds. The third kappa shape index (κ3) is 3.12. The topological polar surface area (TPSA) is 177 Å². The molecule has 13 heteroatoms. The van der Waals surface area contributed by atoms with E-state index in [4.69, 9.17) is 5.73 Å². The van der Waals surface area contributed by atoms with Crippen LogP contribution in [0.1, 0.15) is 18.0 Å². The summed E-state index contributed by atoms with van der Waals surface area (Å²) in [5.74, 6) is -1.62. The molecule has 166 valence electrons. The number of carbonyl (C=O) groups excluding carboxylic acids is 2. The van der Waals surface area contributed by atoms with Crippen molar-refractivity contribution in [3.8, 4) is 5.75 Å². The highest BCUT2D eigenvalue weighted by Crippen LogP contribution is 2.44. The minimum Gasteiger partial charge on any atom is -0.508 e. The number of tetrazole rings is 1. The Balaban J connectivity index is 1.42. The van der Waals surface area contributed by atoms with Gasteiger partial charge in [-0.3, -0.25) is 14.5 Å². The summed E-state index contributed by atoms with van der Waals surface area (Å²) in [5.41, 5.74) is 6.73. The van der Waals surface area contributed by atoms with Gasteiger partial charge in [0.15, 0.2) is 6.04 Å². The molecule has 1 unspecified atom stereocenters. The molecule has 0 saturated carbocycles. The van der Waals surface area contributed by atoms with Crippen LogP contribution in [0.15, 0.2) is 40.7 Å². The number of hydrogen-bond donors (Lipinski definition) is 4. The van der Waals surface area contributed by atoms with Crippen LogP contribution in [0, 0.1) is 5.92 Å². The van der Waals surface area contributed by atoms with Gasteiger partial charge in [-0.1, -0.05) is 23.9 Å². The Morgan fingerprint density at radius 1 is 1.31 bits per heavy atom. The number of carboxylic acid groups (broad SMARTS) is 1. The number of rotatable bonds is 7. The summed E-state index contributed by atoms with van der Waals surface area (Å²) in [7, 11) is 0. The van der Waals surface area contributed by atoms with E-state index in [1.165, 1.54) is 33.5 Å². The number of carboxylic acids is 1. The predicted molar refractivity (Wildman–Crippen MR) is 109 cm³/mol. The van der Waals surface area contributed by atoms with E-state index < -0.39 is 17.9 Å². The lowest BCUT2D eigenvalue weighted by Crippen LogP contribution is -2.68. The van der Waals surface area contributed by atoms with E-state index >= 15 is 0 Å². The molecule has 4 atom stereocenters. The Kier molecular flexibility index (Phi) is 4.86. The van der Waals surface area contributed by atoms with Crippen molar-refractivity contribution < 1.29 is 24.6 Å². The number of primary amides is 1. The summed E-state index contributed by atoms with van der Waals surface area (Å²) < 4.78 is 1.27. The number of hydrogen-bond acceptors (Lipinski definition) is 9. The van der Waals surface area contributed by atoms with Crippen LogP contribution < -0.4 is 11.1 Å². The van der Waals surface area contributed by atoms with Gasteiger partial charge in [-0.2, -0.15) is 0 Å². The SMILES string of the molecule is NC(=O)C(c1ccc(O)cc1)n1nnnc1SCC1=C(C(=O)O)N2C(=O)[C@H]3NC[C@@H](C1)[C@H]32. The lowest BCUT2D eigenvalue weighted by molar-refractivity contribution is -0.153. The smallest absolute Gasteiger partial charge is 0.352 e. The Morgan fingerprint density at radius 2 is 2.06 bits per heavy atom. The van der Waals surface area contributed by atoms with Gasteiger partial charge in [-0.25, -0.2) is 9.48 Å². The standard InChI is InChI=1S/C19H19N7O5S/c20-16(28)14(8-1-3-11(27)4-2-8)26-19(22-23-24-26)32-7-10-5-9-6-21-12-13(9)25(17(12)29)15(10)18(30)31/h1-4,9,12-14,21,27H,5-7H2,(H2,20,28)(H,30,31)/t9-,12+,13-,14?/m1/s1. The van der Waals surface area contributed by atoms with Crippen molar-refractivity contribution in [1.82, 2.24) is 30.4 Å². The summed E-state index contributed by atoms with van der Waals surface area (Å²) in [6, 6.07) is 4.54. The van der Waals surface area contributed by atoms with Gasteiger partial charge in [-0.05, 0) is 46.0 Å². The molecular formula is C19H19N7O5S. The van der Waals surface area contributed by atoms with Crippen molar-refractivity contribution in [3.05, 3.63) is 41.1 Å². The van der Waals surface area contributed by atoms with Crippen LogP contribution in [-0.2, 0) is 14.4 Å². The molecule has 1 aromatic heterocycles. The van der Waals surface area contributed by atoms with Crippen molar-refractivity contribution in [2.24, 2.45) is 11.7 Å². The van der Waals surface area contributed by atoms with E-state index in [0.29, 0.717) is 24.1 Å². The number of benzene rings is 1. The Labute approximate surface area is 185 Å². The lowest BCUT2D eigenvalue weighted by atomic mass is 9.80. The second-order valence-electron chi connectivity index (χ2n) is 7.90. The first-order chi connectivity index (χ1) is 15.4. The third-order valence-corrected chi connectivity index (χ3v) is 7.09. The van der Waals surface area contributed by atoms with Crippen LogP contribution in [0.3, 0.4) is 0 Å². The number of amides is 2. The molecule has 2 aromatic rings. The molecule has 5 rings (SSSR count). The zero-order valence-corrected chi connectivity index (χ0v) is 17.4. The molecule has 0 radical (unpaired) electrons. The van der Waals surface area contributed by atoms with Gasteiger partial charge in [0.2, 0.25) is 17.0 Å². The number of aromatic hydroxyl groups is 1. The summed E-state index contributed by atoms with van der Waals surface area (Å²) in [6.45, 7) is 0.654. The fourth-order valence-electron chi connectivity index (χ4n) is 4.69. The molecule has 0 aliphatic carbocycles. The van der Waals surface area contributed by atoms with Crippen LogP contribution in [0.5, 0.6) is 5.75 Å². The number of carbonyl (C=O) groups is 3. The largest absolute Gasteiger partial charge is 0.508 e. The van der Waals surface area contributed by atoms with Gasteiger partial charge in [0.25, 0.3) is 0 Å². The Morgan fingerprint density at radius 3 is 2.75 bits per heavy atom. The van der Waals surface area contributed by atoms with Crippen molar-refractivity contribution >= 4 is 29.5 Å². The normalized spacial score (nSPS) is 24.8. The predicted octanol–water partition coefficient (Wildman–Crippen LogP) is -0.913. The van der Waals surface area contributed by atoms with Gasteiger partial charge in [0.1, 0.15) is 17.5 Å². The number of thioether (sulfide) groups is 1. The number of aliphatic carboxylic acids is 1. The fraction of sp³-hybridized carbons (Fsp3) is 0.368. The molecule has 4 heterocycles. The van der Waals surface area contributed by atoms with E-state index in [9.17, 15) is 24.6 Å². The lowest BCUT2D eigenvalue weighted by Gasteiger charge is -2.48. The number of phenols is 1. The first kappa shape index (κ1) is 20.5. The zero-order valence-electron chi connectivity index (χ0n) is 16.6. The maximum absolute atomic E-state index is 12.4. The molecule has 3 aliphatic rings. The fourth-order valence-corrected chi connectivity index (χ4v) is 5.62. The molecular weight excluding hydrogens is 438 g/mol. The summed E-state index contributed by atoms with van der Waals surface area (Å²) in [4.78, 5) is 37.9. The summed E-state index contributed by atoms with van der Waals surface area (Å²) in [5, 5.41) is 34.3. The quantitative estimate of drug-likeness (QED) is 0.300. The number of nitrogens with two attached hydrogens (primary N) is 1. The second kappa shape index (κ2) is 7.60. The monoisotopic (exact) mass is 457 g/mol. The Hall–Kier alpha value is -3.45. The number of nitrogens with one attached hydrogen (secondary N) is 1. The minimum absolute atomic E-state index is 0.0210. The van der Waals surface area contributed by atoms with Gasteiger partial charge < -0.3 is 21.3 Å². The maximum atomic E-state index is 12.4. The van der Waals surface area contributed by atoms with Crippen LogP contribution in [0.4, 0.5) is 0 Å². The average molecular weight is 457 g/mol. The average Bonchev–Trinajstić information content (AvgIpc) is 3.37. The second-order valence-corrected chi connectivity index (χ2v) is 8.84. The number of β-lactam (4-membered cyclic amide) rings is 1. The number of phenolic OH excluding ortho intramolecular Hbond substituents is 1. The summed E-state index contributed by atoms with van der Waals surface area (Å²) in [6.07, 6.45) is 0.547. The zero-order chi connectivity index (χ0) is 22.6. The van der Waals surface area contributed by atoms with Crippen molar-refractivity contribution in [2.75, 3.05) is 12.3 Å². The Bertz CT molecular complexity index is 1150. The van der Waals surface area contributed by atoms with Crippen LogP contribution >= 0.6 is 11.8 Å². The minimum atomic E-state index is -1.14. The van der Waals surface area contributed by atoms with Crippen LogP contribution in [0.2, 0.25) is 0 Å². The molecule has 2 saturated heterocycles. The molecule has 0 spiro atoms. The number of nitrogens with zero attached hydrogens (tertiary/aromatic N) is 5. The van der Waals surface area contributed by atoms with E-state index in [1.54, 1.807) is 12.1 Å². The van der Waals surface area contributed by atoms with Gasteiger partial charge in [-0.15, -0.1) is 5.10 Å². The molecule has 12 nitrogen and oxygen atoms in total. The maximum Gasteiger partial charge on any atom is 0.352 e. The van der Waals surface area contributed by atoms with Gasteiger partial charge >= 0.3 is 5.97 Å². The van der Waals surface area contributed by atoms with Gasteiger partial charge in [0, 0.05) is 12.3 Å². The van der Waals surface area contributed by atoms with Crippen LogP contribution in [0.25, 0.3) is 0 Å². The summed E-state index contributed by atoms with van der Waals surface area (Å²) >= 11 is 1.17. The molecule has 0 bridgehead atoms. The molecule has 32 heavy (non-hydrogen) atoms. The third-order valence-electron chi connectivity index (χ3n) is 6.07. The highest BCUT2D eigenvalue weighted by molar-refractivity contribution is 7.99. The van der Waals surface area contributed by atoms with E-state index in [-0.39, 0.29) is 46.3 Å². The number of aromatic nitrogens is 4. The molecule has 2 fully saturated rings. The first-order valence-corrected chi connectivity index (χ1v) is 10.9. The van der Waals surface area contributed by atoms with E-state index in [0.717, 1.165) is 0 Å². The highest BCUT2D eigenvalue weighted by atomic mass is 32.2. The van der Waals surface area contributed by atoms with Gasteiger partial charge in [0.05, 0.1) is 6.04 Å². The first-order valence-electron chi connectivity index (χ1n) is 9.87. The van der Waals surface area contributed by atoms with E-state index in [1.807, 2.05) is 0 Å². The molecule has 3 aliphatic heterocycles. The van der Waals surface area contributed by atoms with Crippen LogP contribution in [-0.4, -0.2) is 77.5 Å².